The van der Waals surface area contributed by atoms with Gasteiger partial charge in [-0.1, -0.05) is 22.0 Å². The van der Waals surface area contributed by atoms with E-state index >= 15 is 0 Å². The second-order valence-corrected chi connectivity index (χ2v) is 6.03. The third-order valence-electron chi connectivity index (χ3n) is 3.36. The first-order valence-corrected chi connectivity index (χ1v) is 7.88. The molecule has 6 nitrogen and oxygen atoms in total. The maximum Gasteiger partial charge on any atom is 0.255 e. The van der Waals surface area contributed by atoms with Crippen molar-refractivity contribution >= 4 is 27.7 Å². The Balaban J connectivity index is 1.83. The van der Waals surface area contributed by atoms with E-state index in [2.05, 4.69) is 31.7 Å². The summed E-state index contributed by atoms with van der Waals surface area (Å²) in [5.41, 5.74) is 1.71. The van der Waals surface area contributed by atoms with Crippen LogP contribution in [0.2, 0.25) is 0 Å². The molecule has 1 aromatic carbocycles. The standard InChI is InChI=1S/C15H17BrN4O2/c1-10-7-14(18-15(21)13-9-17-5-6-22-13)20(19-10)12-4-2-3-11(16)8-12/h2-4,7-8,13,17H,5-6,9H2,1H3,(H,18,21)/t13-/m1/s1. The van der Waals surface area contributed by atoms with Crippen molar-refractivity contribution in [1.82, 2.24) is 15.1 Å². The minimum Gasteiger partial charge on any atom is -0.366 e. The van der Waals surface area contributed by atoms with Gasteiger partial charge in [-0.2, -0.15) is 5.10 Å². The Labute approximate surface area is 137 Å². The fraction of sp³-hybridized carbons (Fsp3) is 0.333. The molecule has 116 valence electrons. The highest BCUT2D eigenvalue weighted by Crippen LogP contribution is 2.20. The summed E-state index contributed by atoms with van der Waals surface area (Å²) in [5.74, 6) is 0.470. The highest BCUT2D eigenvalue weighted by Gasteiger charge is 2.23. The molecule has 1 atom stereocenters. The summed E-state index contributed by atoms with van der Waals surface area (Å²) in [6.45, 7) is 3.74. The van der Waals surface area contributed by atoms with Gasteiger partial charge in [0.15, 0.2) is 0 Å². The topological polar surface area (TPSA) is 68.2 Å². The summed E-state index contributed by atoms with van der Waals surface area (Å²) in [7, 11) is 0. The summed E-state index contributed by atoms with van der Waals surface area (Å²) >= 11 is 3.45. The zero-order chi connectivity index (χ0) is 15.5. The molecule has 0 radical (unpaired) electrons. The lowest BCUT2D eigenvalue weighted by Gasteiger charge is -2.22. The molecule has 7 heteroatoms. The van der Waals surface area contributed by atoms with E-state index < -0.39 is 6.10 Å². The number of nitrogens with one attached hydrogen (secondary N) is 2. The Morgan fingerprint density at radius 1 is 1.50 bits per heavy atom. The molecule has 2 N–H and O–H groups in total. The molecule has 0 bridgehead atoms. The number of aryl methyl sites for hydroxylation is 1. The third kappa shape index (κ3) is 3.37. The third-order valence-corrected chi connectivity index (χ3v) is 3.85. The van der Waals surface area contributed by atoms with Crippen molar-refractivity contribution in [3.63, 3.8) is 0 Å². The lowest BCUT2D eigenvalue weighted by molar-refractivity contribution is -0.128. The average Bonchev–Trinajstić information content (AvgIpc) is 2.89. The molecule has 1 saturated heterocycles. The Kier molecular flexibility index (Phi) is 4.56. The summed E-state index contributed by atoms with van der Waals surface area (Å²) in [4.78, 5) is 12.3. The number of hydrogen-bond donors (Lipinski definition) is 2. The molecule has 1 aliphatic rings. The van der Waals surface area contributed by atoms with Gasteiger partial charge in [-0.15, -0.1) is 0 Å². The van der Waals surface area contributed by atoms with E-state index in [4.69, 9.17) is 4.74 Å². The van der Waals surface area contributed by atoms with Gasteiger partial charge in [-0.25, -0.2) is 4.68 Å². The SMILES string of the molecule is Cc1cc(NC(=O)[C@H]2CNCCO2)n(-c2cccc(Br)c2)n1. The number of rotatable bonds is 3. The van der Waals surface area contributed by atoms with Crippen LogP contribution in [-0.4, -0.2) is 41.5 Å². The van der Waals surface area contributed by atoms with Crippen molar-refractivity contribution < 1.29 is 9.53 Å². The second kappa shape index (κ2) is 6.60. The number of morpholine rings is 1. The van der Waals surface area contributed by atoms with Gasteiger partial charge in [0.05, 0.1) is 18.0 Å². The average molecular weight is 365 g/mol. The van der Waals surface area contributed by atoms with Crippen LogP contribution >= 0.6 is 15.9 Å². The molecular weight excluding hydrogens is 348 g/mol. The smallest absolute Gasteiger partial charge is 0.255 e. The summed E-state index contributed by atoms with van der Waals surface area (Å²) < 4.78 is 8.14. The Morgan fingerprint density at radius 3 is 3.09 bits per heavy atom. The van der Waals surface area contributed by atoms with Crippen LogP contribution in [0.25, 0.3) is 5.69 Å². The highest BCUT2D eigenvalue weighted by molar-refractivity contribution is 9.10. The largest absolute Gasteiger partial charge is 0.366 e. The predicted octanol–water partition coefficient (Wildman–Crippen LogP) is 1.87. The van der Waals surface area contributed by atoms with Crippen LogP contribution in [0.1, 0.15) is 5.69 Å². The first-order valence-electron chi connectivity index (χ1n) is 7.09. The molecular formula is C15H17BrN4O2. The van der Waals surface area contributed by atoms with E-state index in [1.807, 2.05) is 37.3 Å². The van der Waals surface area contributed by atoms with Gasteiger partial charge >= 0.3 is 0 Å². The number of carbonyl (C=O) groups excluding carboxylic acids is 1. The molecule has 0 unspecified atom stereocenters. The normalized spacial score (nSPS) is 18.2. The van der Waals surface area contributed by atoms with E-state index in [9.17, 15) is 4.79 Å². The number of nitrogens with zero attached hydrogens (tertiary/aromatic N) is 2. The molecule has 2 heterocycles. The molecule has 1 aliphatic heterocycles. The quantitative estimate of drug-likeness (QED) is 0.872. The maximum atomic E-state index is 12.3. The van der Waals surface area contributed by atoms with Gasteiger partial charge < -0.3 is 15.4 Å². The van der Waals surface area contributed by atoms with Crippen LogP contribution in [0.4, 0.5) is 5.82 Å². The van der Waals surface area contributed by atoms with Gasteiger partial charge in [0.2, 0.25) is 0 Å². The van der Waals surface area contributed by atoms with Crippen molar-refractivity contribution in [1.29, 1.82) is 0 Å². The molecule has 2 aromatic rings. The van der Waals surface area contributed by atoms with Crippen LogP contribution in [0, 0.1) is 6.92 Å². The van der Waals surface area contributed by atoms with Gasteiger partial charge in [-0.05, 0) is 25.1 Å². The van der Waals surface area contributed by atoms with Gasteiger partial charge in [0.1, 0.15) is 11.9 Å². The number of carbonyl (C=O) groups is 1. The zero-order valence-corrected chi connectivity index (χ0v) is 13.8. The molecule has 22 heavy (non-hydrogen) atoms. The minimum atomic E-state index is -0.472. The minimum absolute atomic E-state index is 0.164. The van der Waals surface area contributed by atoms with Crippen molar-refractivity contribution in [3.05, 3.63) is 40.5 Å². The summed E-state index contributed by atoms with van der Waals surface area (Å²) in [6, 6.07) is 9.59. The van der Waals surface area contributed by atoms with Crippen LogP contribution in [0.15, 0.2) is 34.8 Å². The van der Waals surface area contributed by atoms with Crippen molar-refractivity contribution in [3.8, 4) is 5.69 Å². The van der Waals surface area contributed by atoms with Crippen molar-refractivity contribution in [2.45, 2.75) is 13.0 Å². The molecule has 0 spiro atoms. The predicted molar refractivity (Wildman–Crippen MR) is 87.2 cm³/mol. The Morgan fingerprint density at radius 2 is 2.36 bits per heavy atom. The van der Waals surface area contributed by atoms with Crippen LogP contribution in [0.5, 0.6) is 0 Å². The van der Waals surface area contributed by atoms with E-state index in [-0.39, 0.29) is 5.91 Å². The number of halogens is 1. The Hall–Kier alpha value is -1.70. The van der Waals surface area contributed by atoms with E-state index in [1.165, 1.54) is 0 Å². The van der Waals surface area contributed by atoms with Gasteiger partial charge in [-0.3, -0.25) is 4.79 Å². The second-order valence-electron chi connectivity index (χ2n) is 5.12. The van der Waals surface area contributed by atoms with Crippen molar-refractivity contribution in [2.24, 2.45) is 0 Å². The molecule has 0 saturated carbocycles. The van der Waals surface area contributed by atoms with E-state index in [0.29, 0.717) is 19.0 Å². The number of amides is 1. The number of hydrogen-bond acceptors (Lipinski definition) is 4. The first kappa shape index (κ1) is 15.2. The molecule has 1 fully saturated rings. The number of aromatic nitrogens is 2. The van der Waals surface area contributed by atoms with Gasteiger partial charge in [0.25, 0.3) is 5.91 Å². The molecule has 0 aliphatic carbocycles. The first-order chi connectivity index (χ1) is 10.6. The number of ether oxygens (including phenoxy) is 1. The monoisotopic (exact) mass is 364 g/mol. The van der Waals surface area contributed by atoms with Crippen LogP contribution in [-0.2, 0) is 9.53 Å². The lowest BCUT2D eigenvalue weighted by Crippen LogP contribution is -2.45. The molecule has 3 rings (SSSR count). The van der Waals surface area contributed by atoms with E-state index in [1.54, 1.807) is 4.68 Å². The van der Waals surface area contributed by atoms with Crippen LogP contribution < -0.4 is 10.6 Å². The number of benzene rings is 1. The number of anilines is 1. The summed E-state index contributed by atoms with van der Waals surface area (Å²) in [5, 5.41) is 10.5. The molecule has 1 amide bonds. The van der Waals surface area contributed by atoms with Crippen molar-refractivity contribution in [2.75, 3.05) is 25.0 Å². The molecule has 1 aromatic heterocycles. The van der Waals surface area contributed by atoms with Crippen LogP contribution in [0.3, 0.4) is 0 Å². The lowest BCUT2D eigenvalue weighted by atomic mass is 10.3. The fourth-order valence-electron chi connectivity index (χ4n) is 2.33. The highest BCUT2D eigenvalue weighted by atomic mass is 79.9. The van der Waals surface area contributed by atoms with E-state index in [0.717, 1.165) is 22.4 Å². The van der Waals surface area contributed by atoms with Gasteiger partial charge in [0, 0.05) is 23.6 Å². The Bertz CT molecular complexity index is 680. The fourth-order valence-corrected chi connectivity index (χ4v) is 2.72. The zero-order valence-electron chi connectivity index (χ0n) is 12.2. The maximum absolute atomic E-state index is 12.3. The summed E-state index contributed by atoms with van der Waals surface area (Å²) in [6.07, 6.45) is -0.472.